The zero-order chi connectivity index (χ0) is 11.8. The number of nitrogens with one attached hydrogen (secondary N) is 1. The molecular formula is C11H20N2O3. The fraction of sp³-hybridized carbons (Fsp3) is 0.818. The van der Waals surface area contributed by atoms with E-state index in [9.17, 15) is 9.59 Å². The number of carboxylic acids is 1. The van der Waals surface area contributed by atoms with Crippen molar-refractivity contribution in [1.29, 1.82) is 0 Å². The Bertz CT molecular complexity index is 235. The Labute approximate surface area is 95.8 Å². The molecule has 0 aromatic carbocycles. The van der Waals surface area contributed by atoms with Gasteiger partial charge in [-0.15, -0.1) is 0 Å². The summed E-state index contributed by atoms with van der Waals surface area (Å²) in [7, 11) is 0. The number of rotatable bonds is 4. The first-order chi connectivity index (χ1) is 7.70. The Morgan fingerprint density at radius 1 is 1.12 bits per heavy atom. The number of carboxylic acid groups (broad SMARTS) is 1. The molecular weight excluding hydrogens is 208 g/mol. The molecule has 1 rings (SSSR count). The second-order valence-electron chi connectivity index (χ2n) is 4.13. The number of nitrogens with zero attached hydrogens (tertiary/aromatic N) is 1. The predicted octanol–water partition coefficient (Wildman–Crippen LogP) is 1.44. The number of aliphatic carboxylic acids is 1. The summed E-state index contributed by atoms with van der Waals surface area (Å²) >= 11 is 0. The molecule has 5 nitrogen and oxygen atoms in total. The van der Waals surface area contributed by atoms with E-state index in [4.69, 9.17) is 5.11 Å². The lowest BCUT2D eigenvalue weighted by Gasteiger charge is -2.20. The molecule has 1 heterocycles. The predicted molar refractivity (Wildman–Crippen MR) is 60.3 cm³/mol. The lowest BCUT2D eigenvalue weighted by Crippen LogP contribution is -2.40. The molecule has 0 spiro atoms. The molecule has 0 atom stereocenters. The number of hydrogen-bond donors (Lipinski definition) is 2. The van der Waals surface area contributed by atoms with E-state index in [1.807, 2.05) is 4.90 Å². The molecule has 0 saturated carbocycles. The van der Waals surface area contributed by atoms with E-state index in [0.717, 1.165) is 25.9 Å². The molecule has 5 heteroatoms. The lowest BCUT2D eigenvalue weighted by molar-refractivity contribution is -0.137. The van der Waals surface area contributed by atoms with Crippen LogP contribution in [0.3, 0.4) is 0 Å². The third kappa shape index (κ3) is 5.00. The van der Waals surface area contributed by atoms with E-state index >= 15 is 0 Å². The molecule has 1 aliphatic heterocycles. The smallest absolute Gasteiger partial charge is 0.317 e. The van der Waals surface area contributed by atoms with E-state index in [-0.39, 0.29) is 12.5 Å². The Kier molecular flexibility index (Phi) is 5.67. The normalized spacial score (nSPS) is 16.6. The van der Waals surface area contributed by atoms with Crippen LogP contribution in [0.1, 0.15) is 38.5 Å². The van der Waals surface area contributed by atoms with Crippen molar-refractivity contribution < 1.29 is 14.7 Å². The van der Waals surface area contributed by atoms with Gasteiger partial charge in [-0.05, 0) is 19.3 Å². The average molecular weight is 228 g/mol. The Morgan fingerprint density at radius 3 is 2.31 bits per heavy atom. The fourth-order valence-electron chi connectivity index (χ4n) is 1.82. The SMILES string of the molecule is O=C(O)CCCNC(=O)N1CCCCCC1. The van der Waals surface area contributed by atoms with Gasteiger partial charge in [0.2, 0.25) is 0 Å². The molecule has 1 fully saturated rings. The van der Waals surface area contributed by atoms with Crippen LogP contribution in [0.2, 0.25) is 0 Å². The molecule has 0 aromatic rings. The molecule has 0 unspecified atom stereocenters. The second kappa shape index (κ2) is 7.09. The summed E-state index contributed by atoms with van der Waals surface area (Å²) in [5, 5.41) is 11.2. The quantitative estimate of drug-likeness (QED) is 0.715. The summed E-state index contributed by atoms with van der Waals surface area (Å²) < 4.78 is 0. The summed E-state index contributed by atoms with van der Waals surface area (Å²) in [4.78, 5) is 23.8. The summed E-state index contributed by atoms with van der Waals surface area (Å²) in [6, 6.07) is -0.0488. The molecule has 0 bridgehead atoms. The third-order valence-electron chi connectivity index (χ3n) is 2.74. The van der Waals surface area contributed by atoms with Crippen LogP contribution < -0.4 is 5.32 Å². The number of amides is 2. The molecule has 1 saturated heterocycles. The Morgan fingerprint density at radius 2 is 1.75 bits per heavy atom. The number of hydrogen-bond acceptors (Lipinski definition) is 2. The van der Waals surface area contributed by atoms with E-state index in [2.05, 4.69) is 5.32 Å². The number of carbonyl (C=O) groups is 2. The molecule has 0 aromatic heterocycles. The van der Waals surface area contributed by atoms with Gasteiger partial charge >= 0.3 is 12.0 Å². The van der Waals surface area contributed by atoms with Gasteiger partial charge in [0.1, 0.15) is 0 Å². The van der Waals surface area contributed by atoms with Gasteiger partial charge in [-0.3, -0.25) is 4.79 Å². The van der Waals surface area contributed by atoms with E-state index in [1.54, 1.807) is 0 Å². The molecule has 2 amide bonds. The maximum Gasteiger partial charge on any atom is 0.317 e. The molecule has 0 aliphatic carbocycles. The van der Waals surface area contributed by atoms with Crippen molar-refractivity contribution in [2.45, 2.75) is 38.5 Å². The topological polar surface area (TPSA) is 69.6 Å². The standard InChI is InChI=1S/C11H20N2O3/c14-10(15)6-5-7-12-11(16)13-8-3-1-2-4-9-13/h1-9H2,(H,12,16)(H,14,15). The Hall–Kier alpha value is -1.26. The van der Waals surface area contributed by atoms with Gasteiger partial charge in [0.25, 0.3) is 0 Å². The number of urea groups is 1. The van der Waals surface area contributed by atoms with Crippen molar-refractivity contribution in [2.75, 3.05) is 19.6 Å². The van der Waals surface area contributed by atoms with Crippen molar-refractivity contribution in [3.05, 3.63) is 0 Å². The highest BCUT2D eigenvalue weighted by atomic mass is 16.4. The highest BCUT2D eigenvalue weighted by molar-refractivity contribution is 5.74. The van der Waals surface area contributed by atoms with Gasteiger partial charge in [-0.25, -0.2) is 4.79 Å². The largest absolute Gasteiger partial charge is 0.481 e. The van der Waals surface area contributed by atoms with Gasteiger partial charge in [-0.2, -0.15) is 0 Å². The summed E-state index contributed by atoms with van der Waals surface area (Å²) in [5.41, 5.74) is 0. The van der Waals surface area contributed by atoms with Crippen molar-refractivity contribution >= 4 is 12.0 Å². The van der Waals surface area contributed by atoms with Crippen molar-refractivity contribution in [3.8, 4) is 0 Å². The van der Waals surface area contributed by atoms with Crippen molar-refractivity contribution in [2.24, 2.45) is 0 Å². The van der Waals surface area contributed by atoms with Gasteiger partial charge in [-0.1, -0.05) is 12.8 Å². The van der Waals surface area contributed by atoms with Gasteiger partial charge in [0.05, 0.1) is 0 Å². The third-order valence-corrected chi connectivity index (χ3v) is 2.74. The van der Waals surface area contributed by atoms with Gasteiger partial charge in [0, 0.05) is 26.1 Å². The van der Waals surface area contributed by atoms with E-state index in [0.29, 0.717) is 13.0 Å². The second-order valence-corrected chi connectivity index (χ2v) is 4.13. The zero-order valence-corrected chi connectivity index (χ0v) is 9.57. The number of likely N-dealkylation sites (tertiary alicyclic amines) is 1. The molecule has 92 valence electrons. The van der Waals surface area contributed by atoms with Crippen LogP contribution in [0.5, 0.6) is 0 Å². The first-order valence-corrected chi connectivity index (χ1v) is 5.95. The van der Waals surface area contributed by atoms with Crippen LogP contribution in [0.25, 0.3) is 0 Å². The molecule has 1 aliphatic rings. The van der Waals surface area contributed by atoms with Crippen LogP contribution in [-0.2, 0) is 4.79 Å². The number of carbonyl (C=O) groups excluding carboxylic acids is 1. The minimum absolute atomic E-state index is 0.0488. The molecule has 0 radical (unpaired) electrons. The zero-order valence-electron chi connectivity index (χ0n) is 9.57. The first-order valence-electron chi connectivity index (χ1n) is 5.95. The highest BCUT2D eigenvalue weighted by Crippen LogP contribution is 2.09. The van der Waals surface area contributed by atoms with Crippen LogP contribution in [0, 0.1) is 0 Å². The minimum Gasteiger partial charge on any atom is -0.481 e. The van der Waals surface area contributed by atoms with Gasteiger partial charge < -0.3 is 15.3 Å². The van der Waals surface area contributed by atoms with Gasteiger partial charge in [0.15, 0.2) is 0 Å². The van der Waals surface area contributed by atoms with Crippen LogP contribution in [0.4, 0.5) is 4.79 Å². The van der Waals surface area contributed by atoms with Crippen LogP contribution >= 0.6 is 0 Å². The lowest BCUT2D eigenvalue weighted by atomic mass is 10.2. The first kappa shape index (κ1) is 12.8. The summed E-state index contributed by atoms with van der Waals surface area (Å²) in [6.07, 6.45) is 5.14. The van der Waals surface area contributed by atoms with Crippen LogP contribution in [-0.4, -0.2) is 41.6 Å². The van der Waals surface area contributed by atoms with Crippen molar-refractivity contribution in [3.63, 3.8) is 0 Å². The average Bonchev–Trinajstić information content (AvgIpc) is 2.52. The molecule has 16 heavy (non-hydrogen) atoms. The van der Waals surface area contributed by atoms with Crippen molar-refractivity contribution in [1.82, 2.24) is 10.2 Å². The Balaban J connectivity index is 2.15. The minimum atomic E-state index is -0.816. The highest BCUT2D eigenvalue weighted by Gasteiger charge is 2.14. The van der Waals surface area contributed by atoms with E-state index < -0.39 is 5.97 Å². The molecule has 2 N–H and O–H groups in total. The van der Waals surface area contributed by atoms with E-state index in [1.165, 1.54) is 12.8 Å². The fourth-order valence-corrected chi connectivity index (χ4v) is 1.82. The summed E-state index contributed by atoms with van der Waals surface area (Å²) in [6.45, 7) is 2.09. The maximum atomic E-state index is 11.7. The maximum absolute atomic E-state index is 11.7. The van der Waals surface area contributed by atoms with Crippen LogP contribution in [0.15, 0.2) is 0 Å². The monoisotopic (exact) mass is 228 g/mol. The summed E-state index contributed by atoms with van der Waals surface area (Å²) in [5.74, 6) is -0.816.